The van der Waals surface area contributed by atoms with Crippen molar-refractivity contribution in [2.45, 2.75) is 37.6 Å². The number of pyridine rings is 1. The highest BCUT2D eigenvalue weighted by molar-refractivity contribution is 6.04. The maximum atomic E-state index is 12.4. The lowest BCUT2D eigenvalue weighted by Gasteiger charge is -2.42. The van der Waals surface area contributed by atoms with Crippen LogP contribution in [0.4, 0.5) is 5.69 Å². The molecule has 36 heavy (non-hydrogen) atoms. The van der Waals surface area contributed by atoms with Gasteiger partial charge in [-0.15, -0.1) is 0 Å². The number of hydrogen-bond donors (Lipinski definition) is 1. The Morgan fingerprint density at radius 3 is 2.11 bits per heavy atom. The molecule has 0 saturated carbocycles. The van der Waals surface area contributed by atoms with Gasteiger partial charge in [0.15, 0.2) is 0 Å². The van der Waals surface area contributed by atoms with Crippen LogP contribution in [-0.2, 0) is 18.4 Å². The monoisotopic (exact) mass is 475 g/mol. The van der Waals surface area contributed by atoms with Crippen molar-refractivity contribution in [1.29, 1.82) is 0 Å². The van der Waals surface area contributed by atoms with Gasteiger partial charge < -0.3 is 5.32 Å². The minimum absolute atomic E-state index is 0.0826. The highest BCUT2D eigenvalue weighted by Gasteiger charge is 2.36. The van der Waals surface area contributed by atoms with E-state index in [0.717, 1.165) is 51.0 Å². The largest absolute Gasteiger partial charge is 0.322 e. The van der Waals surface area contributed by atoms with E-state index in [9.17, 15) is 4.79 Å². The van der Waals surface area contributed by atoms with E-state index in [-0.39, 0.29) is 11.3 Å². The van der Waals surface area contributed by atoms with E-state index in [1.54, 1.807) is 0 Å². The van der Waals surface area contributed by atoms with Crippen molar-refractivity contribution in [3.8, 4) is 0 Å². The van der Waals surface area contributed by atoms with Crippen LogP contribution >= 0.6 is 0 Å². The van der Waals surface area contributed by atoms with Gasteiger partial charge in [-0.05, 0) is 86.3 Å². The Hall–Kier alpha value is -3.76. The number of nitrogens with one attached hydrogen (secondary N) is 1. The first kappa shape index (κ1) is 24.0. The number of benzene rings is 3. The summed E-state index contributed by atoms with van der Waals surface area (Å²) in [6.45, 7) is 3.03. The summed E-state index contributed by atoms with van der Waals surface area (Å²) in [7, 11) is 0. The van der Waals surface area contributed by atoms with E-state index in [4.69, 9.17) is 4.98 Å². The number of rotatable bonds is 8. The summed E-state index contributed by atoms with van der Waals surface area (Å²) in [6.07, 6.45) is 6.36. The van der Waals surface area contributed by atoms with Crippen LogP contribution in [0.5, 0.6) is 0 Å². The van der Waals surface area contributed by atoms with Gasteiger partial charge in [-0.1, -0.05) is 66.7 Å². The molecule has 4 heteroatoms. The van der Waals surface area contributed by atoms with E-state index in [0.29, 0.717) is 5.56 Å². The molecule has 0 aliphatic carbocycles. The topological polar surface area (TPSA) is 45.2 Å². The highest BCUT2D eigenvalue weighted by atomic mass is 16.1. The first-order valence-corrected chi connectivity index (χ1v) is 12.8. The molecular weight excluding hydrogens is 442 g/mol. The minimum Gasteiger partial charge on any atom is -0.322 e. The zero-order chi connectivity index (χ0) is 24.6. The Morgan fingerprint density at radius 2 is 1.44 bits per heavy atom. The molecule has 2 heterocycles. The van der Waals surface area contributed by atoms with Crippen LogP contribution in [0.25, 0.3) is 0 Å². The van der Waals surface area contributed by atoms with Crippen LogP contribution in [0.15, 0.2) is 109 Å². The number of hydrogen-bond acceptors (Lipinski definition) is 3. The lowest BCUT2D eigenvalue weighted by Crippen LogP contribution is -2.43. The molecule has 0 unspecified atom stereocenters. The molecule has 4 nitrogen and oxygen atoms in total. The maximum Gasteiger partial charge on any atom is 0.255 e. The van der Waals surface area contributed by atoms with Gasteiger partial charge in [-0.25, -0.2) is 0 Å². The van der Waals surface area contributed by atoms with E-state index in [1.807, 2.05) is 54.7 Å². The first-order valence-electron chi connectivity index (χ1n) is 12.8. The van der Waals surface area contributed by atoms with Gasteiger partial charge in [0.05, 0.1) is 0 Å². The number of piperidine rings is 1. The number of aromatic nitrogens is 1. The zero-order valence-electron chi connectivity index (χ0n) is 20.6. The van der Waals surface area contributed by atoms with Crippen LogP contribution in [0, 0.1) is 0 Å². The fraction of sp³-hybridized carbons (Fsp3) is 0.250. The molecule has 0 bridgehead atoms. The van der Waals surface area contributed by atoms with Crippen molar-refractivity contribution in [3.05, 3.63) is 132 Å². The highest BCUT2D eigenvalue weighted by Crippen LogP contribution is 2.39. The van der Waals surface area contributed by atoms with Crippen molar-refractivity contribution < 1.29 is 4.79 Å². The van der Waals surface area contributed by atoms with Gasteiger partial charge in [-0.3, -0.25) is 14.7 Å². The molecule has 182 valence electrons. The van der Waals surface area contributed by atoms with Crippen molar-refractivity contribution in [3.63, 3.8) is 0 Å². The normalized spacial score (nSPS) is 15.3. The van der Waals surface area contributed by atoms with Crippen molar-refractivity contribution in [2.24, 2.45) is 0 Å². The zero-order valence-corrected chi connectivity index (χ0v) is 20.6. The minimum atomic E-state index is -0.0826. The molecule has 1 fully saturated rings. The Morgan fingerprint density at radius 1 is 0.778 bits per heavy atom. The van der Waals surface area contributed by atoms with Crippen LogP contribution in [0.1, 0.15) is 46.4 Å². The third-order valence-electron chi connectivity index (χ3n) is 7.41. The molecule has 0 spiro atoms. The molecule has 0 radical (unpaired) electrons. The molecule has 1 aliphatic heterocycles. The van der Waals surface area contributed by atoms with Crippen LogP contribution < -0.4 is 5.32 Å². The predicted molar refractivity (Wildman–Crippen MR) is 146 cm³/mol. The quantitative estimate of drug-likeness (QED) is 0.316. The second-order valence-electron chi connectivity index (χ2n) is 9.77. The third kappa shape index (κ3) is 5.89. The van der Waals surface area contributed by atoms with Gasteiger partial charge in [0.25, 0.3) is 5.91 Å². The molecule has 1 saturated heterocycles. The van der Waals surface area contributed by atoms with Crippen LogP contribution in [0.3, 0.4) is 0 Å². The second kappa shape index (κ2) is 11.3. The van der Waals surface area contributed by atoms with Gasteiger partial charge >= 0.3 is 0 Å². The smallest absolute Gasteiger partial charge is 0.255 e. The number of carbonyl (C=O) groups excluding carboxylic acids is 1. The summed E-state index contributed by atoms with van der Waals surface area (Å²) in [5.74, 6) is -0.0826. The van der Waals surface area contributed by atoms with Gasteiger partial charge in [0.1, 0.15) is 0 Å². The fourth-order valence-corrected chi connectivity index (χ4v) is 5.22. The van der Waals surface area contributed by atoms with E-state index in [1.165, 1.54) is 16.8 Å². The summed E-state index contributed by atoms with van der Waals surface area (Å²) in [5, 5.41) is 2.99. The standard InChI is InChI=1S/C32H33N3O/c36-31(28-11-5-2-6-12-28)34-29-16-14-27(15-17-29)25-35-23-20-32(21-24-35,30-13-7-8-22-33-30)19-18-26-9-3-1-4-10-26/h1-17,22H,18-21,23-25H2,(H,34,36). The second-order valence-corrected chi connectivity index (χ2v) is 9.77. The molecule has 1 amide bonds. The van der Waals surface area contributed by atoms with E-state index >= 15 is 0 Å². The Balaban J connectivity index is 1.19. The molecule has 4 aromatic rings. The average molecular weight is 476 g/mol. The maximum absolute atomic E-state index is 12.4. The number of likely N-dealkylation sites (tertiary alicyclic amines) is 1. The number of aryl methyl sites for hydroxylation is 1. The number of carbonyl (C=O) groups is 1. The van der Waals surface area contributed by atoms with Crippen LogP contribution in [0.2, 0.25) is 0 Å². The number of nitrogens with zero attached hydrogens (tertiary/aromatic N) is 2. The summed E-state index contributed by atoms with van der Waals surface area (Å²) in [6, 6.07) is 34.7. The molecular formula is C32H33N3O. The molecule has 1 N–H and O–H groups in total. The van der Waals surface area contributed by atoms with Gasteiger partial charge in [0, 0.05) is 35.1 Å². The molecule has 1 aromatic heterocycles. The Labute approximate surface area is 214 Å². The van der Waals surface area contributed by atoms with Crippen molar-refractivity contribution in [2.75, 3.05) is 18.4 Å². The van der Waals surface area contributed by atoms with E-state index in [2.05, 4.69) is 64.8 Å². The first-order chi connectivity index (χ1) is 17.7. The molecule has 5 rings (SSSR count). The van der Waals surface area contributed by atoms with Crippen molar-refractivity contribution >= 4 is 11.6 Å². The number of anilines is 1. The molecule has 1 aliphatic rings. The summed E-state index contributed by atoms with van der Waals surface area (Å²) in [4.78, 5) is 19.8. The van der Waals surface area contributed by atoms with E-state index < -0.39 is 0 Å². The lowest BCUT2D eigenvalue weighted by molar-refractivity contribution is 0.102. The third-order valence-corrected chi connectivity index (χ3v) is 7.41. The number of amides is 1. The Bertz CT molecular complexity index is 1230. The lowest BCUT2D eigenvalue weighted by atomic mass is 9.71. The predicted octanol–water partition coefficient (Wildman–Crippen LogP) is 6.50. The fourth-order valence-electron chi connectivity index (χ4n) is 5.22. The summed E-state index contributed by atoms with van der Waals surface area (Å²) < 4.78 is 0. The summed E-state index contributed by atoms with van der Waals surface area (Å²) >= 11 is 0. The van der Waals surface area contributed by atoms with Gasteiger partial charge in [0.2, 0.25) is 0 Å². The molecule has 0 atom stereocenters. The Kier molecular flexibility index (Phi) is 7.53. The van der Waals surface area contributed by atoms with Crippen molar-refractivity contribution in [1.82, 2.24) is 9.88 Å². The SMILES string of the molecule is O=C(Nc1ccc(CN2CCC(CCc3ccccc3)(c3ccccn3)CC2)cc1)c1ccccc1. The van der Waals surface area contributed by atoms with Crippen LogP contribution in [-0.4, -0.2) is 28.9 Å². The average Bonchev–Trinajstić information content (AvgIpc) is 2.95. The van der Waals surface area contributed by atoms with Gasteiger partial charge in [-0.2, -0.15) is 0 Å². The summed E-state index contributed by atoms with van der Waals surface area (Å²) in [5.41, 5.74) is 5.51. The molecule has 3 aromatic carbocycles.